The Morgan fingerprint density at radius 3 is 2.38 bits per heavy atom. The second-order valence-electron chi connectivity index (χ2n) is 4.24. The van der Waals surface area contributed by atoms with Crippen molar-refractivity contribution in [1.29, 1.82) is 0 Å². The molecular weight excluding hydrogens is 220 g/mol. The number of nitrogens with two attached hydrogens (primary N) is 1. The van der Waals surface area contributed by atoms with Gasteiger partial charge >= 0.3 is 0 Å². The molecule has 1 atom stereocenters. The van der Waals surface area contributed by atoms with E-state index >= 15 is 0 Å². The van der Waals surface area contributed by atoms with E-state index < -0.39 is 0 Å². The van der Waals surface area contributed by atoms with E-state index in [-0.39, 0.29) is 5.92 Å². The van der Waals surface area contributed by atoms with Gasteiger partial charge in [-0.1, -0.05) is 44.2 Å². The fourth-order valence-corrected chi connectivity index (χ4v) is 1.64. The van der Waals surface area contributed by atoms with Crippen molar-refractivity contribution >= 4 is 11.6 Å². The number of nitrogens with one attached hydrogen (secondary N) is 1. The van der Waals surface area contributed by atoms with Gasteiger partial charge in [-0.25, -0.2) is 0 Å². The third-order valence-corrected chi connectivity index (χ3v) is 2.70. The molecule has 0 unspecified atom stereocenters. The Hall–Kier alpha value is -0.990. The van der Waals surface area contributed by atoms with Crippen molar-refractivity contribution in [2.75, 3.05) is 6.54 Å². The van der Waals surface area contributed by atoms with Crippen LogP contribution in [0.5, 0.6) is 0 Å². The Morgan fingerprint density at radius 2 is 1.94 bits per heavy atom. The molecule has 0 aliphatic carbocycles. The van der Waals surface area contributed by atoms with Gasteiger partial charge in [-0.05, 0) is 17.7 Å². The average molecular weight is 239 g/mol. The van der Waals surface area contributed by atoms with E-state index in [2.05, 4.69) is 25.7 Å². The van der Waals surface area contributed by atoms with Crippen LogP contribution in [0.2, 0.25) is 5.02 Å². The summed E-state index contributed by atoms with van der Waals surface area (Å²) in [5, 5.41) is 4.10. The van der Waals surface area contributed by atoms with Crippen LogP contribution < -0.4 is 11.1 Å². The largest absolute Gasteiger partial charge is 0.402 e. The predicted octanol–water partition coefficient (Wildman–Crippen LogP) is 2.89. The lowest BCUT2D eigenvalue weighted by Gasteiger charge is -2.19. The molecule has 0 bridgehead atoms. The molecule has 0 amide bonds. The molecule has 0 aliphatic rings. The maximum atomic E-state index is 5.85. The summed E-state index contributed by atoms with van der Waals surface area (Å²) in [5.41, 5.74) is 7.65. The molecule has 0 heterocycles. The highest BCUT2D eigenvalue weighted by Gasteiger charge is 2.13. The van der Waals surface area contributed by atoms with Crippen molar-refractivity contribution in [3.63, 3.8) is 0 Å². The smallest absolute Gasteiger partial charge is 0.0406 e. The summed E-state index contributed by atoms with van der Waals surface area (Å²) in [6.07, 6.45) is 0. The number of rotatable bonds is 5. The van der Waals surface area contributed by atoms with Gasteiger partial charge in [-0.3, -0.25) is 0 Å². The van der Waals surface area contributed by atoms with E-state index in [1.54, 1.807) is 0 Å². The summed E-state index contributed by atoms with van der Waals surface area (Å²) < 4.78 is 0. The molecule has 1 rings (SSSR count). The number of benzene rings is 1. The van der Waals surface area contributed by atoms with Crippen LogP contribution in [0.15, 0.2) is 36.5 Å². The third kappa shape index (κ3) is 3.87. The Balaban J connectivity index is 2.77. The van der Waals surface area contributed by atoms with E-state index in [9.17, 15) is 0 Å². The molecule has 0 aromatic heterocycles. The highest BCUT2D eigenvalue weighted by atomic mass is 35.5. The van der Waals surface area contributed by atoms with Crippen LogP contribution in [-0.4, -0.2) is 12.6 Å². The fraction of sp³-hybridized carbons (Fsp3) is 0.385. The minimum atomic E-state index is 0.139. The average Bonchev–Trinajstić information content (AvgIpc) is 2.20. The van der Waals surface area contributed by atoms with Crippen molar-refractivity contribution in [3.05, 3.63) is 47.1 Å². The second kappa shape index (κ2) is 5.92. The normalized spacial score (nSPS) is 12.8. The first-order valence-electron chi connectivity index (χ1n) is 5.44. The van der Waals surface area contributed by atoms with E-state index in [1.165, 1.54) is 0 Å². The maximum absolute atomic E-state index is 5.85. The molecule has 88 valence electrons. The SMILES string of the molecule is C=C(N)[C@@H](CNC(C)C)c1ccc(Cl)cc1. The molecule has 0 saturated heterocycles. The number of hydrogen-bond donors (Lipinski definition) is 2. The van der Waals surface area contributed by atoms with Crippen molar-refractivity contribution < 1.29 is 0 Å². The molecule has 3 N–H and O–H groups in total. The Bertz CT molecular complexity index is 343. The van der Waals surface area contributed by atoms with Crippen molar-refractivity contribution in [2.24, 2.45) is 5.73 Å². The highest BCUT2D eigenvalue weighted by Crippen LogP contribution is 2.21. The van der Waals surface area contributed by atoms with Crippen LogP contribution in [0.1, 0.15) is 25.3 Å². The lowest BCUT2D eigenvalue weighted by atomic mass is 9.96. The number of hydrogen-bond acceptors (Lipinski definition) is 2. The van der Waals surface area contributed by atoms with Crippen molar-refractivity contribution in [2.45, 2.75) is 25.8 Å². The Labute approximate surface area is 102 Å². The van der Waals surface area contributed by atoms with Crippen LogP contribution in [0.25, 0.3) is 0 Å². The van der Waals surface area contributed by atoms with Gasteiger partial charge < -0.3 is 11.1 Å². The molecule has 0 saturated carbocycles. The Morgan fingerprint density at radius 1 is 1.38 bits per heavy atom. The minimum absolute atomic E-state index is 0.139. The predicted molar refractivity (Wildman–Crippen MR) is 70.7 cm³/mol. The summed E-state index contributed by atoms with van der Waals surface area (Å²) in [5.74, 6) is 0.139. The molecule has 16 heavy (non-hydrogen) atoms. The third-order valence-electron chi connectivity index (χ3n) is 2.45. The van der Waals surface area contributed by atoms with Gasteiger partial charge in [0.1, 0.15) is 0 Å². The van der Waals surface area contributed by atoms with Crippen LogP contribution in [0.3, 0.4) is 0 Å². The topological polar surface area (TPSA) is 38.0 Å². The summed E-state index contributed by atoms with van der Waals surface area (Å²) >= 11 is 5.85. The molecule has 0 fully saturated rings. The zero-order valence-electron chi connectivity index (χ0n) is 9.83. The lowest BCUT2D eigenvalue weighted by Crippen LogP contribution is -2.30. The monoisotopic (exact) mass is 238 g/mol. The number of halogens is 1. The first-order valence-corrected chi connectivity index (χ1v) is 5.81. The van der Waals surface area contributed by atoms with E-state index in [4.69, 9.17) is 17.3 Å². The first-order chi connectivity index (χ1) is 7.50. The minimum Gasteiger partial charge on any atom is -0.402 e. The Kier molecular flexibility index (Phi) is 4.84. The second-order valence-corrected chi connectivity index (χ2v) is 4.68. The maximum Gasteiger partial charge on any atom is 0.0406 e. The van der Waals surface area contributed by atoms with Crippen LogP contribution in [0, 0.1) is 0 Å². The van der Waals surface area contributed by atoms with Gasteiger partial charge in [-0.2, -0.15) is 0 Å². The van der Waals surface area contributed by atoms with Gasteiger partial charge in [0.2, 0.25) is 0 Å². The van der Waals surface area contributed by atoms with Crippen LogP contribution >= 0.6 is 11.6 Å². The zero-order valence-corrected chi connectivity index (χ0v) is 10.6. The standard InChI is InChI=1S/C13H19ClN2/c1-9(2)16-8-13(10(3)15)11-4-6-12(14)7-5-11/h4-7,9,13,16H,3,8,15H2,1-2H3/t13-/m1/s1. The summed E-state index contributed by atoms with van der Waals surface area (Å²) in [4.78, 5) is 0. The molecule has 0 spiro atoms. The summed E-state index contributed by atoms with van der Waals surface area (Å²) in [6.45, 7) is 8.86. The molecule has 0 radical (unpaired) electrons. The summed E-state index contributed by atoms with van der Waals surface area (Å²) in [6, 6.07) is 8.18. The summed E-state index contributed by atoms with van der Waals surface area (Å²) in [7, 11) is 0. The van der Waals surface area contributed by atoms with Gasteiger partial charge in [0, 0.05) is 29.2 Å². The van der Waals surface area contributed by atoms with E-state index in [0.717, 1.165) is 17.1 Å². The molecular formula is C13H19ClN2. The van der Waals surface area contributed by atoms with Crippen molar-refractivity contribution in [3.8, 4) is 0 Å². The molecule has 1 aromatic rings. The molecule has 2 nitrogen and oxygen atoms in total. The molecule has 3 heteroatoms. The van der Waals surface area contributed by atoms with Gasteiger partial charge in [0.25, 0.3) is 0 Å². The van der Waals surface area contributed by atoms with Crippen molar-refractivity contribution in [1.82, 2.24) is 5.32 Å². The van der Waals surface area contributed by atoms with Gasteiger partial charge in [-0.15, -0.1) is 0 Å². The highest BCUT2D eigenvalue weighted by molar-refractivity contribution is 6.30. The van der Waals surface area contributed by atoms with Crippen LogP contribution in [-0.2, 0) is 0 Å². The van der Waals surface area contributed by atoms with E-state index in [0.29, 0.717) is 11.7 Å². The van der Waals surface area contributed by atoms with E-state index in [1.807, 2.05) is 24.3 Å². The molecule has 0 aliphatic heterocycles. The lowest BCUT2D eigenvalue weighted by molar-refractivity contribution is 0.556. The van der Waals surface area contributed by atoms with Crippen LogP contribution in [0.4, 0.5) is 0 Å². The van der Waals surface area contributed by atoms with Gasteiger partial charge in [0.05, 0.1) is 0 Å². The molecule has 1 aromatic carbocycles. The first kappa shape index (κ1) is 13.1. The quantitative estimate of drug-likeness (QED) is 0.828. The zero-order chi connectivity index (χ0) is 12.1. The fourth-order valence-electron chi connectivity index (χ4n) is 1.51. The van der Waals surface area contributed by atoms with Gasteiger partial charge in [0.15, 0.2) is 0 Å².